The third-order valence-electron chi connectivity index (χ3n) is 9.10. The van der Waals surface area contributed by atoms with E-state index in [-0.39, 0.29) is 41.2 Å². The molecule has 0 spiro atoms. The van der Waals surface area contributed by atoms with E-state index in [4.69, 9.17) is 32.7 Å². The summed E-state index contributed by atoms with van der Waals surface area (Å²) in [7, 11) is -1.38. The molecule has 9 nitrogen and oxygen atoms in total. The molecule has 1 atom stereocenters. The smallest absolute Gasteiger partial charge is 0.264 e. The minimum atomic E-state index is -4.31. The molecular weight excluding hydrogens is 709 g/mol. The summed E-state index contributed by atoms with van der Waals surface area (Å²) in [6.07, 6.45) is 5.05. The third kappa shape index (κ3) is 9.55. The highest BCUT2D eigenvalue weighted by atomic mass is 35.5. The van der Waals surface area contributed by atoms with Crippen LogP contribution in [-0.4, -0.2) is 58.0 Å². The van der Waals surface area contributed by atoms with Gasteiger partial charge >= 0.3 is 0 Å². The number of carbonyl (C=O) groups is 2. The molecule has 0 aliphatic heterocycles. The highest BCUT2D eigenvalue weighted by Crippen LogP contribution is 2.34. The van der Waals surface area contributed by atoms with Crippen LogP contribution in [0.15, 0.2) is 95.9 Å². The second-order valence-electron chi connectivity index (χ2n) is 12.7. The summed E-state index contributed by atoms with van der Waals surface area (Å²) in [4.78, 5) is 30.6. The van der Waals surface area contributed by atoms with Crippen LogP contribution in [0.4, 0.5) is 5.69 Å². The number of sulfonamides is 1. The molecule has 1 saturated carbocycles. The number of hydrogen-bond donors (Lipinski definition) is 1. The zero-order valence-electron chi connectivity index (χ0n) is 29.0. The maximum absolute atomic E-state index is 14.8. The van der Waals surface area contributed by atoms with E-state index in [1.807, 2.05) is 37.3 Å². The van der Waals surface area contributed by atoms with Gasteiger partial charge in [-0.05, 0) is 67.3 Å². The molecule has 4 aromatic carbocycles. The number of rotatable bonds is 14. The molecule has 1 aliphatic rings. The molecule has 0 heterocycles. The number of methoxy groups -OCH3 is 2. The number of amides is 2. The average molecular weight is 753 g/mol. The Hall–Kier alpha value is -4.25. The quantitative estimate of drug-likeness (QED) is 0.142. The van der Waals surface area contributed by atoms with Crippen molar-refractivity contribution in [3.8, 4) is 11.5 Å². The monoisotopic (exact) mass is 751 g/mol. The van der Waals surface area contributed by atoms with Gasteiger partial charge in [-0.15, -0.1) is 0 Å². The van der Waals surface area contributed by atoms with Crippen molar-refractivity contribution >= 4 is 50.7 Å². The number of anilines is 1. The molecular formula is C39H43Cl2N3O6S. The summed E-state index contributed by atoms with van der Waals surface area (Å²) in [6, 6.07) is 24.5. The first kappa shape index (κ1) is 38.0. The van der Waals surface area contributed by atoms with Crippen LogP contribution in [0.25, 0.3) is 0 Å². The van der Waals surface area contributed by atoms with Crippen LogP contribution in [0.3, 0.4) is 0 Å². The molecule has 1 N–H and O–H groups in total. The number of ether oxygens (including phenoxy) is 2. The van der Waals surface area contributed by atoms with Gasteiger partial charge in [0.1, 0.15) is 12.6 Å². The molecule has 0 aromatic heterocycles. The molecule has 51 heavy (non-hydrogen) atoms. The molecule has 0 radical (unpaired) electrons. The average Bonchev–Trinajstić information content (AvgIpc) is 3.14. The van der Waals surface area contributed by atoms with E-state index < -0.39 is 28.5 Å². The van der Waals surface area contributed by atoms with Crippen molar-refractivity contribution < 1.29 is 27.5 Å². The molecule has 0 unspecified atom stereocenters. The van der Waals surface area contributed by atoms with E-state index in [0.717, 1.165) is 47.5 Å². The lowest BCUT2D eigenvalue weighted by atomic mass is 9.94. The first-order valence-electron chi connectivity index (χ1n) is 16.9. The van der Waals surface area contributed by atoms with Gasteiger partial charge in [0.05, 0.1) is 34.8 Å². The number of benzene rings is 4. The number of aryl methyl sites for hydroxylation is 1. The zero-order valence-corrected chi connectivity index (χ0v) is 31.3. The first-order chi connectivity index (χ1) is 24.5. The number of nitrogens with one attached hydrogen (secondary N) is 1. The van der Waals surface area contributed by atoms with Crippen LogP contribution in [-0.2, 0) is 32.6 Å². The fourth-order valence-electron chi connectivity index (χ4n) is 6.28. The van der Waals surface area contributed by atoms with Gasteiger partial charge in [0.2, 0.25) is 11.8 Å². The normalized spacial score (nSPS) is 14.0. The van der Waals surface area contributed by atoms with Gasteiger partial charge in [-0.25, -0.2) is 8.42 Å². The number of halogens is 2. The lowest BCUT2D eigenvalue weighted by Crippen LogP contribution is -2.55. The van der Waals surface area contributed by atoms with Crippen LogP contribution in [0.2, 0.25) is 10.0 Å². The summed E-state index contributed by atoms with van der Waals surface area (Å²) in [6.45, 7) is 1.21. The predicted octanol–water partition coefficient (Wildman–Crippen LogP) is 7.60. The van der Waals surface area contributed by atoms with Crippen LogP contribution >= 0.6 is 23.2 Å². The number of hydrogen-bond acceptors (Lipinski definition) is 6. The van der Waals surface area contributed by atoms with E-state index in [0.29, 0.717) is 21.4 Å². The van der Waals surface area contributed by atoms with Gasteiger partial charge in [-0.2, -0.15) is 0 Å². The predicted molar refractivity (Wildman–Crippen MR) is 201 cm³/mol. The highest BCUT2D eigenvalue weighted by molar-refractivity contribution is 7.92. The fourth-order valence-corrected chi connectivity index (χ4v) is 8.01. The second kappa shape index (κ2) is 17.3. The Bertz CT molecular complexity index is 1920. The lowest BCUT2D eigenvalue weighted by Gasteiger charge is -2.35. The minimum absolute atomic E-state index is 0.00240. The Morgan fingerprint density at radius 3 is 2.16 bits per heavy atom. The van der Waals surface area contributed by atoms with Gasteiger partial charge < -0.3 is 19.7 Å². The topological polar surface area (TPSA) is 105 Å². The molecule has 5 rings (SSSR count). The Kier molecular flexibility index (Phi) is 12.9. The van der Waals surface area contributed by atoms with Gasteiger partial charge in [0.25, 0.3) is 10.0 Å². The van der Waals surface area contributed by atoms with Crippen molar-refractivity contribution in [3.63, 3.8) is 0 Å². The molecule has 1 fully saturated rings. The van der Waals surface area contributed by atoms with Crippen molar-refractivity contribution in [1.29, 1.82) is 0 Å². The fraction of sp³-hybridized carbons (Fsp3) is 0.333. The van der Waals surface area contributed by atoms with E-state index >= 15 is 0 Å². The molecule has 0 bridgehead atoms. The number of nitrogens with zero attached hydrogens (tertiary/aromatic N) is 2. The Morgan fingerprint density at radius 1 is 0.824 bits per heavy atom. The van der Waals surface area contributed by atoms with E-state index in [1.54, 1.807) is 42.5 Å². The number of carbonyl (C=O) groups excluding carboxylic acids is 2. The van der Waals surface area contributed by atoms with Crippen molar-refractivity contribution in [1.82, 2.24) is 10.2 Å². The van der Waals surface area contributed by atoms with Gasteiger partial charge in [-0.1, -0.05) is 96.6 Å². The second-order valence-corrected chi connectivity index (χ2v) is 15.4. The maximum Gasteiger partial charge on any atom is 0.264 e. The molecule has 270 valence electrons. The van der Waals surface area contributed by atoms with Gasteiger partial charge in [-0.3, -0.25) is 13.9 Å². The Morgan fingerprint density at radius 2 is 1.51 bits per heavy atom. The largest absolute Gasteiger partial charge is 0.493 e. The van der Waals surface area contributed by atoms with Crippen LogP contribution < -0.4 is 19.1 Å². The van der Waals surface area contributed by atoms with Crippen molar-refractivity contribution in [2.45, 2.75) is 69.0 Å². The summed E-state index contributed by atoms with van der Waals surface area (Å²) in [5.74, 6) is -0.221. The summed E-state index contributed by atoms with van der Waals surface area (Å²) >= 11 is 12.7. The maximum atomic E-state index is 14.8. The van der Waals surface area contributed by atoms with Crippen molar-refractivity contribution in [2.24, 2.45) is 0 Å². The first-order valence-corrected chi connectivity index (χ1v) is 19.1. The molecule has 12 heteroatoms. The lowest BCUT2D eigenvalue weighted by molar-refractivity contribution is -0.140. The standard InChI is InChI=1S/C39H43Cl2N3O6S/c1-27-14-18-32(19-15-27)51(47,48)44(31-17-21-36(49-2)37(24-31)50-3)26-38(45)43(25-29-16-20-33(40)34(41)22-29)35(23-28-10-6-4-7-11-28)39(46)42-30-12-8-5-9-13-30/h4,6-7,10-11,14-22,24,30,35H,5,8-9,12-13,23,25-26H2,1-3H3,(H,42,46)/t35-/m1/s1. The Labute approximate surface area is 310 Å². The third-order valence-corrected chi connectivity index (χ3v) is 11.6. The summed E-state index contributed by atoms with van der Waals surface area (Å²) in [5.41, 5.74) is 2.53. The van der Waals surface area contributed by atoms with E-state index in [2.05, 4.69) is 5.32 Å². The van der Waals surface area contributed by atoms with Crippen LogP contribution in [0.1, 0.15) is 48.8 Å². The SMILES string of the molecule is COc1ccc(N(CC(=O)N(Cc2ccc(Cl)c(Cl)c2)[C@H](Cc2ccccc2)C(=O)NC2CCCCC2)S(=O)(=O)c2ccc(C)cc2)cc1OC. The highest BCUT2D eigenvalue weighted by Gasteiger charge is 2.36. The van der Waals surface area contributed by atoms with Gasteiger partial charge in [0.15, 0.2) is 11.5 Å². The molecule has 1 aliphatic carbocycles. The molecule has 0 saturated heterocycles. The van der Waals surface area contributed by atoms with Crippen LogP contribution in [0, 0.1) is 6.92 Å². The Balaban J connectivity index is 1.60. The van der Waals surface area contributed by atoms with Gasteiger partial charge in [0, 0.05) is 25.1 Å². The minimum Gasteiger partial charge on any atom is -0.493 e. The van der Waals surface area contributed by atoms with E-state index in [9.17, 15) is 18.0 Å². The zero-order chi connectivity index (χ0) is 36.5. The molecule has 2 amide bonds. The molecule has 4 aromatic rings. The van der Waals surface area contributed by atoms with E-state index in [1.165, 1.54) is 37.3 Å². The summed E-state index contributed by atoms with van der Waals surface area (Å²) < 4.78 is 40.8. The van der Waals surface area contributed by atoms with Crippen molar-refractivity contribution in [2.75, 3.05) is 25.1 Å². The summed E-state index contributed by atoms with van der Waals surface area (Å²) in [5, 5.41) is 3.85. The van der Waals surface area contributed by atoms with Crippen LogP contribution in [0.5, 0.6) is 11.5 Å². The van der Waals surface area contributed by atoms with Crippen molar-refractivity contribution in [3.05, 3.63) is 118 Å².